The molecule has 16 aromatic rings. The zero-order valence-corrected chi connectivity index (χ0v) is 46.3. The van der Waals surface area contributed by atoms with Crippen LogP contribution in [0.5, 0.6) is 0 Å². The minimum Gasteiger partial charge on any atom is -0.310 e. The Labute approximate surface area is 492 Å². The number of rotatable bonds is 8. The highest BCUT2D eigenvalue weighted by Crippen LogP contribution is 2.67. The average molecular weight is 1080 g/mol. The molecule has 0 atom stereocenters. The molecule has 0 saturated heterocycles. The number of hydrogen-bond donors (Lipinski definition) is 0. The van der Waals surface area contributed by atoms with Gasteiger partial charge in [0.05, 0.1) is 38.9 Å². The third-order valence-corrected chi connectivity index (χ3v) is 18.4. The molecule has 1 spiro atoms. The van der Waals surface area contributed by atoms with E-state index >= 15 is 0 Å². The lowest BCUT2D eigenvalue weighted by Crippen LogP contribution is -2.26. The number of nitrogens with zero attached hydrogens (tertiary/aromatic N) is 4. The Morgan fingerprint density at radius 3 is 0.976 bits per heavy atom. The van der Waals surface area contributed by atoms with Crippen molar-refractivity contribution in [3.63, 3.8) is 0 Å². The molecule has 2 aliphatic rings. The molecule has 0 bridgehead atoms. The molecule has 0 unspecified atom stereocenters. The van der Waals surface area contributed by atoms with Crippen LogP contribution in [0, 0.1) is 0 Å². The molecule has 4 heteroatoms. The predicted octanol–water partition coefficient (Wildman–Crippen LogP) is 21.5. The molecule has 2 aliphatic carbocycles. The van der Waals surface area contributed by atoms with Crippen LogP contribution < -0.4 is 9.80 Å². The fourth-order valence-electron chi connectivity index (χ4n) is 15.1. The van der Waals surface area contributed by atoms with Crippen molar-refractivity contribution in [1.29, 1.82) is 0 Å². The number of hydrogen-bond acceptors (Lipinski definition) is 2. The highest BCUT2D eigenvalue weighted by Gasteiger charge is 2.53. The van der Waals surface area contributed by atoms with Crippen molar-refractivity contribution in [3.05, 3.63) is 338 Å². The zero-order chi connectivity index (χ0) is 55.7. The minimum absolute atomic E-state index is 0.722. The summed E-state index contributed by atoms with van der Waals surface area (Å²) in [7, 11) is 0. The Kier molecular flexibility index (Phi) is 10.3. The average Bonchev–Trinajstić information content (AvgIpc) is 1.55. The second kappa shape index (κ2) is 18.4. The molecule has 0 saturated carbocycles. The fourth-order valence-corrected chi connectivity index (χ4v) is 15.1. The highest BCUT2D eigenvalue weighted by molar-refractivity contribution is 6.20. The van der Waals surface area contributed by atoms with Gasteiger partial charge in [0.1, 0.15) is 0 Å². The molecule has 0 fully saturated rings. The lowest BCUT2D eigenvalue weighted by molar-refractivity contribution is 0.795. The van der Waals surface area contributed by atoms with E-state index < -0.39 is 5.41 Å². The van der Waals surface area contributed by atoms with E-state index in [0.717, 1.165) is 45.5 Å². The Morgan fingerprint density at radius 1 is 0.224 bits per heavy atom. The number of benzene rings is 14. The summed E-state index contributed by atoms with van der Waals surface area (Å²) in [6, 6.07) is 117. The summed E-state index contributed by atoms with van der Waals surface area (Å²) >= 11 is 0. The van der Waals surface area contributed by atoms with Gasteiger partial charge in [-0.05, 0) is 164 Å². The largest absolute Gasteiger partial charge is 0.310 e. The van der Waals surface area contributed by atoms with Crippen LogP contribution in [0.2, 0.25) is 0 Å². The number of para-hydroxylation sites is 6. The lowest BCUT2D eigenvalue weighted by Gasteiger charge is -2.34. The second-order valence-electron chi connectivity index (χ2n) is 22.7. The van der Waals surface area contributed by atoms with Gasteiger partial charge in [-0.2, -0.15) is 0 Å². The van der Waals surface area contributed by atoms with E-state index in [9.17, 15) is 0 Å². The maximum absolute atomic E-state index is 2.58. The fraction of sp³-hybridized carbons (Fsp3) is 0.0123. The van der Waals surface area contributed by atoms with E-state index in [1.54, 1.807) is 0 Å². The molecule has 2 heterocycles. The Balaban J connectivity index is 0.937. The summed E-state index contributed by atoms with van der Waals surface area (Å²) < 4.78 is 4.81. The zero-order valence-electron chi connectivity index (χ0n) is 46.3. The third-order valence-electron chi connectivity index (χ3n) is 18.4. The van der Waals surface area contributed by atoms with Crippen LogP contribution in [-0.2, 0) is 5.41 Å². The van der Waals surface area contributed by atoms with E-state index in [0.29, 0.717) is 0 Å². The van der Waals surface area contributed by atoms with Gasteiger partial charge in [-0.1, -0.05) is 206 Å². The van der Waals surface area contributed by atoms with Crippen molar-refractivity contribution in [2.45, 2.75) is 5.41 Å². The van der Waals surface area contributed by atoms with Gasteiger partial charge in [-0.25, -0.2) is 0 Å². The molecule has 0 N–H and O–H groups in total. The summed E-state index contributed by atoms with van der Waals surface area (Å²) in [6.07, 6.45) is 0. The summed E-state index contributed by atoms with van der Waals surface area (Å²) in [5, 5.41) is 9.64. The van der Waals surface area contributed by atoms with Crippen LogP contribution in [-0.4, -0.2) is 9.13 Å². The smallest absolute Gasteiger partial charge is 0.0727 e. The van der Waals surface area contributed by atoms with Crippen molar-refractivity contribution in [2.24, 2.45) is 0 Å². The second-order valence-corrected chi connectivity index (χ2v) is 22.7. The Bertz CT molecular complexity index is 5030. The van der Waals surface area contributed by atoms with Gasteiger partial charge in [0, 0.05) is 66.4 Å². The molecule has 18 rings (SSSR count). The predicted molar refractivity (Wildman–Crippen MR) is 356 cm³/mol. The van der Waals surface area contributed by atoms with Crippen molar-refractivity contribution in [2.75, 3.05) is 9.80 Å². The molecule has 0 amide bonds. The summed E-state index contributed by atoms with van der Waals surface area (Å²) in [5.74, 6) is 0. The highest BCUT2D eigenvalue weighted by atomic mass is 15.2. The standard InChI is InChI=1S/C81H52N4/c1-5-25-53(26-6-1)82(57-45-47-75-67(49-57)63-37-19-23-43-73(63)84(75)55-29-9-3-10-30-55)77-51-71-79(65-39-15-13-35-61(65)77)80-66-40-16-14-36-62(66)78(52-72(80)81(71)69-41-21-17-33-59(69)60-34-18-22-42-70(60)81)83(54-27-7-2-8-28-54)58-46-48-76-68(50-58)64-38-20-24-44-74(64)85(76)56-31-11-4-12-32-56/h1-52H. The Hall–Kier alpha value is -11.2. The van der Waals surface area contributed by atoms with E-state index in [1.165, 1.54) is 110 Å². The van der Waals surface area contributed by atoms with E-state index in [1.807, 2.05) is 0 Å². The number of anilines is 6. The molecule has 396 valence electrons. The SMILES string of the molecule is c1ccc(N(c2ccc3c(c2)c2ccccc2n3-c2ccccc2)c2cc3c(c4ccccc24)-c2c(cc(N(c4ccccc4)c4ccc5c(c4)c4ccccc4n5-c4ccccc4)c4ccccc24)C32c3ccccc3-c3ccccc32)cc1. The van der Waals surface area contributed by atoms with Crippen molar-refractivity contribution in [1.82, 2.24) is 9.13 Å². The maximum Gasteiger partial charge on any atom is 0.0727 e. The first-order chi connectivity index (χ1) is 42.2. The van der Waals surface area contributed by atoms with Crippen molar-refractivity contribution >= 4 is 99.3 Å². The maximum atomic E-state index is 2.58. The first-order valence-electron chi connectivity index (χ1n) is 29.4. The normalized spacial score (nSPS) is 12.8. The van der Waals surface area contributed by atoms with Crippen LogP contribution in [0.4, 0.5) is 34.1 Å². The van der Waals surface area contributed by atoms with Crippen molar-refractivity contribution < 1.29 is 0 Å². The topological polar surface area (TPSA) is 16.3 Å². The summed E-state index contributed by atoms with van der Waals surface area (Å²) in [5.41, 5.74) is 23.1. The summed E-state index contributed by atoms with van der Waals surface area (Å²) in [4.78, 5) is 5.04. The van der Waals surface area contributed by atoms with Gasteiger partial charge in [-0.3, -0.25) is 0 Å². The minimum atomic E-state index is -0.722. The Morgan fingerprint density at radius 2 is 0.553 bits per heavy atom. The van der Waals surface area contributed by atoms with Crippen LogP contribution >= 0.6 is 0 Å². The van der Waals surface area contributed by atoms with Crippen LogP contribution in [0.1, 0.15) is 22.3 Å². The van der Waals surface area contributed by atoms with Crippen LogP contribution in [0.3, 0.4) is 0 Å². The molecular formula is C81H52N4. The van der Waals surface area contributed by atoms with E-state index in [4.69, 9.17) is 0 Å². The van der Waals surface area contributed by atoms with Crippen LogP contribution in [0.15, 0.2) is 315 Å². The van der Waals surface area contributed by atoms with Gasteiger partial charge in [0.2, 0.25) is 0 Å². The van der Waals surface area contributed by atoms with E-state index in [-0.39, 0.29) is 0 Å². The molecule has 2 aromatic heterocycles. The van der Waals surface area contributed by atoms with Gasteiger partial charge < -0.3 is 18.9 Å². The first kappa shape index (κ1) is 47.4. The third kappa shape index (κ3) is 6.73. The lowest BCUT2D eigenvalue weighted by atomic mass is 9.70. The van der Waals surface area contributed by atoms with Crippen molar-refractivity contribution in [3.8, 4) is 33.6 Å². The molecular weight excluding hydrogens is 1030 g/mol. The molecule has 0 aliphatic heterocycles. The number of aromatic nitrogens is 2. The number of fused-ring (bicyclic) bond motifs is 20. The monoisotopic (exact) mass is 1080 g/mol. The first-order valence-corrected chi connectivity index (χ1v) is 29.4. The van der Waals surface area contributed by atoms with E-state index in [2.05, 4.69) is 334 Å². The van der Waals surface area contributed by atoms with Crippen LogP contribution in [0.25, 0.3) is 98.8 Å². The van der Waals surface area contributed by atoms with Gasteiger partial charge >= 0.3 is 0 Å². The summed E-state index contributed by atoms with van der Waals surface area (Å²) in [6.45, 7) is 0. The molecule has 0 radical (unpaired) electrons. The molecule has 14 aromatic carbocycles. The van der Waals surface area contributed by atoms with Gasteiger partial charge in [0.25, 0.3) is 0 Å². The molecule has 4 nitrogen and oxygen atoms in total. The molecule has 85 heavy (non-hydrogen) atoms. The van der Waals surface area contributed by atoms with Gasteiger partial charge in [-0.15, -0.1) is 0 Å². The quantitative estimate of drug-likeness (QED) is 0.151. The van der Waals surface area contributed by atoms with Gasteiger partial charge in [0.15, 0.2) is 0 Å².